The molecule has 3 aromatic rings. The Morgan fingerprint density at radius 2 is 1.82 bits per heavy atom. The minimum Gasteiger partial charge on any atom is -0.496 e. The van der Waals surface area contributed by atoms with Gasteiger partial charge in [0.25, 0.3) is 5.91 Å². The zero-order valence-corrected chi connectivity index (χ0v) is 16.8. The van der Waals surface area contributed by atoms with Crippen LogP contribution in [0.25, 0.3) is 10.9 Å². The number of para-hydroxylation sites is 1. The summed E-state index contributed by atoms with van der Waals surface area (Å²) in [6, 6.07) is 8.56. The molecule has 0 atom stereocenters. The summed E-state index contributed by atoms with van der Waals surface area (Å²) in [5.41, 5.74) is 1.40. The van der Waals surface area contributed by atoms with Gasteiger partial charge in [0.15, 0.2) is 17.2 Å². The molecular formula is C20H21ClN2O5. The molecule has 1 aromatic heterocycles. The van der Waals surface area contributed by atoms with Crippen LogP contribution in [0.1, 0.15) is 17.4 Å². The first-order valence-corrected chi connectivity index (χ1v) is 8.96. The van der Waals surface area contributed by atoms with E-state index in [1.165, 1.54) is 14.2 Å². The first-order valence-electron chi connectivity index (χ1n) is 8.58. The van der Waals surface area contributed by atoms with Crippen molar-refractivity contribution in [3.8, 4) is 23.0 Å². The molecule has 2 aromatic carbocycles. The molecule has 0 unspecified atom stereocenters. The van der Waals surface area contributed by atoms with Crippen molar-refractivity contribution in [1.82, 2.24) is 4.98 Å². The van der Waals surface area contributed by atoms with Gasteiger partial charge in [-0.2, -0.15) is 0 Å². The molecule has 3 rings (SSSR count). The van der Waals surface area contributed by atoms with E-state index in [0.29, 0.717) is 56.9 Å². The fraction of sp³-hybridized carbons (Fsp3) is 0.250. The van der Waals surface area contributed by atoms with Crippen molar-refractivity contribution in [2.45, 2.75) is 6.92 Å². The molecule has 1 amide bonds. The van der Waals surface area contributed by atoms with Gasteiger partial charge in [0.2, 0.25) is 0 Å². The number of aromatic nitrogens is 1. The van der Waals surface area contributed by atoms with Gasteiger partial charge in [0.05, 0.1) is 44.2 Å². The molecule has 0 saturated heterocycles. The molecule has 28 heavy (non-hydrogen) atoms. The van der Waals surface area contributed by atoms with Crippen molar-refractivity contribution in [3.63, 3.8) is 0 Å². The summed E-state index contributed by atoms with van der Waals surface area (Å²) in [6.45, 7) is 2.27. The van der Waals surface area contributed by atoms with Crippen LogP contribution in [0.2, 0.25) is 5.02 Å². The molecule has 0 aliphatic carbocycles. The van der Waals surface area contributed by atoms with Crippen molar-refractivity contribution >= 4 is 34.1 Å². The summed E-state index contributed by atoms with van der Waals surface area (Å²) in [6.07, 6.45) is 0. The van der Waals surface area contributed by atoms with E-state index in [1.807, 2.05) is 6.92 Å². The second kappa shape index (κ2) is 8.31. The average Bonchev–Trinajstić information content (AvgIpc) is 3.14. The summed E-state index contributed by atoms with van der Waals surface area (Å²) >= 11 is 6.18. The molecule has 0 radical (unpaired) electrons. The third-order valence-electron chi connectivity index (χ3n) is 4.19. The summed E-state index contributed by atoms with van der Waals surface area (Å²) in [7, 11) is 4.62. The standard InChI is InChI=1S/C20H21ClN2O5/c1-5-28-18-12(21)7-6-8-13(18)23-20(24)14-9-11-15(25-2)10-16(26-3)19(27-4)17(11)22-14/h6-10,22H,5H2,1-4H3,(H,23,24). The van der Waals surface area contributed by atoms with Gasteiger partial charge in [0.1, 0.15) is 11.4 Å². The topological polar surface area (TPSA) is 81.8 Å². The van der Waals surface area contributed by atoms with Crippen LogP contribution in [0.4, 0.5) is 5.69 Å². The Morgan fingerprint density at radius 3 is 2.46 bits per heavy atom. The summed E-state index contributed by atoms with van der Waals surface area (Å²) in [4.78, 5) is 15.9. The fourth-order valence-corrected chi connectivity index (χ4v) is 3.18. The Bertz CT molecular complexity index is 1020. The minimum atomic E-state index is -0.359. The summed E-state index contributed by atoms with van der Waals surface area (Å²) in [5, 5.41) is 3.94. The predicted octanol–water partition coefficient (Wildman–Crippen LogP) is 4.50. The number of amides is 1. The largest absolute Gasteiger partial charge is 0.496 e. The maximum atomic E-state index is 12.9. The number of benzene rings is 2. The van der Waals surface area contributed by atoms with E-state index in [0.717, 1.165) is 0 Å². The fourth-order valence-electron chi connectivity index (χ4n) is 2.95. The van der Waals surface area contributed by atoms with Crippen molar-refractivity contribution in [1.29, 1.82) is 0 Å². The van der Waals surface area contributed by atoms with Crippen LogP contribution in [-0.4, -0.2) is 38.8 Å². The zero-order valence-electron chi connectivity index (χ0n) is 16.0. The average molecular weight is 405 g/mol. The van der Waals surface area contributed by atoms with Crippen molar-refractivity contribution in [2.24, 2.45) is 0 Å². The molecule has 0 saturated carbocycles. The Morgan fingerprint density at radius 1 is 1.07 bits per heavy atom. The molecule has 0 aliphatic heterocycles. The maximum Gasteiger partial charge on any atom is 0.272 e. The third-order valence-corrected chi connectivity index (χ3v) is 4.49. The summed E-state index contributed by atoms with van der Waals surface area (Å²) in [5.74, 6) is 1.60. The summed E-state index contributed by atoms with van der Waals surface area (Å²) < 4.78 is 21.8. The van der Waals surface area contributed by atoms with Crippen LogP contribution in [0.3, 0.4) is 0 Å². The lowest BCUT2D eigenvalue weighted by atomic mass is 10.2. The van der Waals surface area contributed by atoms with Gasteiger partial charge in [-0.25, -0.2) is 0 Å². The van der Waals surface area contributed by atoms with Crippen molar-refractivity contribution < 1.29 is 23.7 Å². The second-order valence-electron chi connectivity index (χ2n) is 5.79. The number of hydrogen-bond donors (Lipinski definition) is 2. The second-order valence-corrected chi connectivity index (χ2v) is 6.20. The van der Waals surface area contributed by atoms with E-state index >= 15 is 0 Å². The number of carbonyl (C=O) groups excluding carboxylic acids is 1. The number of hydrogen-bond acceptors (Lipinski definition) is 5. The quantitative estimate of drug-likeness (QED) is 0.606. The molecule has 1 heterocycles. The number of methoxy groups -OCH3 is 3. The molecule has 0 spiro atoms. The Balaban J connectivity index is 2.03. The highest BCUT2D eigenvalue weighted by Crippen LogP contribution is 2.41. The number of anilines is 1. The first-order chi connectivity index (χ1) is 13.5. The van der Waals surface area contributed by atoms with Crippen LogP contribution in [0, 0.1) is 0 Å². The van der Waals surface area contributed by atoms with Gasteiger partial charge >= 0.3 is 0 Å². The number of ether oxygens (including phenoxy) is 4. The van der Waals surface area contributed by atoms with Gasteiger partial charge in [-0.05, 0) is 25.1 Å². The third kappa shape index (κ3) is 3.53. The van der Waals surface area contributed by atoms with Crippen LogP contribution in [0.15, 0.2) is 30.3 Å². The molecule has 0 aliphatic rings. The normalized spacial score (nSPS) is 10.6. The van der Waals surface area contributed by atoms with Crippen LogP contribution >= 0.6 is 11.6 Å². The predicted molar refractivity (Wildman–Crippen MR) is 109 cm³/mol. The minimum absolute atomic E-state index is 0.322. The first kappa shape index (κ1) is 19.7. The van der Waals surface area contributed by atoms with Gasteiger partial charge in [-0.15, -0.1) is 0 Å². The molecular weight excluding hydrogens is 384 g/mol. The molecule has 148 valence electrons. The highest BCUT2D eigenvalue weighted by Gasteiger charge is 2.20. The Labute approximate surface area is 167 Å². The number of carbonyl (C=O) groups is 1. The molecule has 0 bridgehead atoms. The highest BCUT2D eigenvalue weighted by atomic mass is 35.5. The van der Waals surface area contributed by atoms with Crippen LogP contribution in [0.5, 0.6) is 23.0 Å². The van der Waals surface area contributed by atoms with E-state index in [2.05, 4.69) is 10.3 Å². The highest BCUT2D eigenvalue weighted by molar-refractivity contribution is 6.32. The van der Waals surface area contributed by atoms with Crippen LogP contribution < -0.4 is 24.3 Å². The number of H-pyrrole nitrogens is 1. The molecule has 7 nitrogen and oxygen atoms in total. The van der Waals surface area contributed by atoms with Crippen LogP contribution in [-0.2, 0) is 0 Å². The Kier molecular flexibility index (Phi) is 5.84. The maximum absolute atomic E-state index is 12.9. The van der Waals surface area contributed by atoms with E-state index in [4.69, 9.17) is 30.5 Å². The smallest absolute Gasteiger partial charge is 0.272 e. The molecule has 0 fully saturated rings. The molecule has 2 N–H and O–H groups in total. The Hall–Kier alpha value is -3.06. The van der Waals surface area contributed by atoms with Gasteiger partial charge in [-0.1, -0.05) is 17.7 Å². The number of rotatable bonds is 7. The lowest BCUT2D eigenvalue weighted by molar-refractivity contribution is 0.102. The lowest BCUT2D eigenvalue weighted by Gasteiger charge is -2.12. The van der Waals surface area contributed by atoms with Crippen molar-refractivity contribution in [3.05, 3.63) is 41.0 Å². The van der Waals surface area contributed by atoms with Gasteiger partial charge in [0, 0.05) is 11.5 Å². The van der Waals surface area contributed by atoms with Gasteiger partial charge in [-0.3, -0.25) is 4.79 Å². The van der Waals surface area contributed by atoms with E-state index < -0.39 is 0 Å². The van der Waals surface area contributed by atoms with E-state index in [9.17, 15) is 4.79 Å². The van der Waals surface area contributed by atoms with E-state index in [-0.39, 0.29) is 5.91 Å². The van der Waals surface area contributed by atoms with Crippen molar-refractivity contribution in [2.75, 3.05) is 33.3 Å². The van der Waals surface area contributed by atoms with Gasteiger partial charge < -0.3 is 29.2 Å². The lowest BCUT2D eigenvalue weighted by Crippen LogP contribution is -2.13. The number of halogens is 1. The number of nitrogens with one attached hydrogen (secondary N) is 2. The number of fused-ring (bicyclic) bond motifs is 1. The monoisotopic (exact) mass is 404 g/mol. The number of aromatic amines is 1. The SMILES string of the molecule is CCOc1c(Cl)cccc1NC(=O)c1cc2c(OC)cc(OC)c(OC)c2[nH]1. The zero-order chi connectivity index (χ0) is 20.3. The van der Waals surface area contributed by atoms with E-state index in [1.54, 1.807) is 37.4 Å². The molecule has 8 heteroatoms.